The molecule has 0 spiro atoms. The van der Waals surface area contributed by atoms with Crippen molar-refractivity contribution >= 4 is 0 Å². The molecule has 20 heavy (non-hydrogen) atoms. The lowest BCUT2D eigenvalue weighted by Crippen LogP contribution is -2.30. The topological polar surface area (TPSA) is 47.3 Å². The van der Waals surface area contributed by atoms with Crippen molar-refractivity contribution in [2.45, 2.75) is 12.5 Å². The van der Waals surface area contributed by atoms with E-state index in [9.17, 15) is 8.78 Å². The number of hydrogen-bond acceptors (Lipinski definition) is 3. The molecular weight excluding hydrogens is 262 g/mol. The molecule has 2 rings (SSSR count). The van der Waals surface area contributed by atoms with Crippen molar-refractivity contribution in [2.75, 3.05) is 7.11 Å². The number of methoxy groups -OCH3 is 1. The van der Waals surface area contributed by atoms with Crippen LogP contribution >= 0.6 is 0 Å². The van der Waals surface area contributed by atoms with Gasteiger partial charge in [0, 0.05) is 5.56 Å². The highest BCUT2D eigenvalue weighted by Gasteiger charge is 2.18. The Morgan fingerprint density at radius 3 is 2.60 bits per heavy atom. The minimum Gasteiger partial charge on any atom is -0.496 e. The summed E-state index contributed by atoms with van der Waals surface area (Å²) in [6.45, 7) is 0. The van der Waals surface area contributed by atoms with Crippen molar-refractivity contribution in [2.24, 2.45) is 5.84 Å². The summed E-state index contributed by atoms with van der Waals surface area (Å²) in [5.74, 6) is 4.48. The normalized spacial score (nSPS) is 12.2. The largest absolute Gasteiger partial charge is 0.496 e. The van der Waals surface area contributed by atoms with E-state index in [-0.39, 0.29) is 18.0 Å². The maximum absolute atomic E-state index is 13.7. The maximum Gasteiger partial charge on any atom is 0.162 e. The van der Waals surface area contributed by atoms with Crippen LogP contribution in [0.2, 0.25) is 0 Å². The lowest BCUT2D eigenvalue weighted by Gasteiger charge is -2.19. The summed E-state index contributed by atoms with van der Waals surface area (Å²) >= 11 is 0. The highest BCUT2D eigenvalue weighted by molar-refractivity contribution is 5.37. The van der Waals surface area contributed by atoms with E-state index in [1.165, 1.54) is 12.1 Å². The van der Waals surface area contributed by atoms with E-state index < -0.39 is 11.6 Å². The van der Waals surface area contributed by atoms with Crippen LogP contribution in [0.15, 0.2) is 42.5 Å². The Hall–Kier alpha value is -1.98. The highest BCUT2D eigenvalue weighted by atomic mass is 19.2. The van der Waals surface area contributed by atoms with Crippen molar-refractivity contribution in [1.29, 1.82) is 0 Å². The Balaban J connectivity index is 2.31. The van der Waals surface area contributed by atoms with Gasteiger partial charge in [-0.2, -0.15) is 0 Å². The average Bonchev–Trinajstić information content (AvgIpc) is 2.49. The molecule has 5 heteroatoms. The van der Waals surface area contributed by atoms with E-state index in [0.717, 1.165) is 11.6 Å². The minimum atomic E-state index is -0.863. The average molecular weight is 278 g/mol. The van der Waals surface area contributed by atoms with E-state index in [2.05, 4.69) is 5.43 Å². The number of hydrazine groups is 1. The summed E-state index contributed by atoms with van der Waals surface area (Å²) in [6, 6.07) is 11.0. The fourth-order valence-electron chi connectivity index (χ4n) is 2.14. The lowest BCUT2D eigenvalue weighted by atomic mass is 9.98. The zero-order valence-electron chi connectivity index (χ0n) is 11.1. The molecule has 0 aliphatic rings. The van der Waals surface area contributed by atoms with Gasteiger partial charge in [0.15, 0.2) is 11.6 Å². The molecule has 1 unspecified atom stereocenters. The van der Waals surface area contributed by atoms with E-state index >= 15 is 0 Å². The third-order valence-corrected chi connectivity index (χ3v) is 3.17. The van der Waals surface area contributed by atoms with Gasteiger partial charge in [0.2, 0.25) is 0 Å². The molecule has 3 N–H and O–H groups in total. The molecule has 0 saturated heterocycles. The highest BCUT2D eigenvalue weighted by Crippen LogP contribution is 2.27. The molecule has 0 radical (unpaired) electrons. The summed E-state index contributed by atoms with van der Waals surface area (Å²) in [4.78, 5) is 0. The van der Waals surface area contributed by atoms with Crippen molar-refractivity contribution in [3.63, 3.8) is 0 Å². The molecule has 0 saturated carbocycles. The molecule has 0 fully saturated rings. The van der Waals surface area contributed by atoms with Gasteiger partial charge in [-0.15, -0.1) is 0 Å². The van der Waals surface area contributed by atoms with Gasteiger partial charge < -0.3 is 4.74 Å². The molecule has 0 aliphatic carbocycles. The number of rotatable bonds is 5. The summed E-state index contributed by atoms with van der Waals surface area (Å²) in [7, 11) is 1.55. The van der Waals surface area contributed by atoms with Crippen LogP contribution in [-0.4, -0.2) is 7.11 Å². The van der Waals surface area contributed by atoms with E-state index in [1.807, 2.05) is 18.2 Å². The van der Waals surface area contributed by atoms with Crippen LogP contribution in [-0.2, 0) is 6.42 Å². The molecule has 2 aromatic carbocycles. The van der Waals surface area contributed by atoms with Gasteiger partial charge in [-0.05, 0) is 24.1 Å². The predicted octanol–water partition coefficient (Wildman–Crippen LogP) is 2.72. The molecule has 3 nitrogen and oxygen atoms in total. The van der Waals surface area contributed by atoms with Gasteiger partial charge in [-0.3, -0.25) is 11.3 Å². The zero-order valence-corrected chi connectivity index (χ0v) is 11.1. The fourth-order valence-corrected chi connectivity index (χ4v) is 2.14. The first kappa shape index (κ1) is 14.4. The van der Waals surface area contributed by atoms with Gasteiger partial charge in [-0.25, -0.2) is 8.78 Å². The standard InChI is InChI=1S/C15H16F2N2O/c1-20-14-8-3-2-6-11(14)13(19-18)9-10-5-4-7-12(16)15(10)17/h2-8,13,19H,9,18H2,1H3. The van der Waals surface area contributed by atoms with Crippen LogP contribution in [0.5, 0.6) is 5.75 Å². The quantitative estimate of drug-likeness (QED) is 0.653. The van der Waals surface area contributed by atoms with Crippen molar-refractivity contribution in [3.05, 3.63) is 65.2 Å². The van der Waals surface area contributed by atoms with Gasteiger partial charge in [0.25, 0.3) is 0 Å². The van der Waals surface area contributed by atoms with Crippen LogP contribution in [0.25, 0.3) is 0 Å². The van der Waals surface area contributed by atoms with Crippen LogP contribution in [0.3, 0.4) is 0 Å². The maximum atomic E-state index is 13.7. The van der Waals surface area contributed by atoms with Crippen LogP contribution < -0.4 is 16.0 Å². The third kappa shape index (κ3) is 2.95. The third-order valence-electron chi connectivity index (χ3n) is 3.17. The Bertz CT molecular complexity index is 590. The first-order valence-electron chi connectivity index (χ1n) is 6.19. The molecule has 0 aromatic heterocycles. The van der Waals surface area contributed by atoms with E-state index in [0.29, 0.717) is 5.75 Å². The molecule has 0 aliphatic heterocycles. The number of nitrogens with one attached hydrogen (secondary N) is 1. The number of nitrogens with two attached hydrogens (primary N) is 1. The molecule has 106 valence electrons. The Morgan fingerprint density at radius 2 is 1.90 bits per heavy atom. The van der Waals surface area contributed by atoms with E-state index in [1.54, 1.807) is 13.2 Å². The molecule has 2 aromatic rings. The lowest BCUT2D eigenvalue weighted by molar-refractivity contribution is 0.397. The smallest absolute Gasteiger partial charge is 0.162 e. The van der Waals surface area contributed by atoms with Crippen LogP contribution in [0.4, 0.5) is 8.78 Å². The van der Waals surface area contributed by atoms with Gasteiger partial charge in [-0.1, -0.05) is 30.3 Å². The molecule has 0 amide bonds. The number of para-hydroxylation sites is 1. The second-order valence-corrected chi connectivity index (χ2v) is 4.38. The Labute approximate surface area is 116 Å². The zero-order chi connectivity index (χ0) is 14.5. The van der Waals surface area contributed by atoms with Crippen LogP contribution in [0, 0.1) is 11.6 Å². The minimum absolute atomic E-state index is 0.223. The van der Waals surface area contributed by atoms with E-state index in [4.69, 9.17) is 10.6 Å². The Morgan fingerprint density at radius 1 is 1.15 bits per heavy atom. The first-order valence-corrected chi connectivity index (χ1v) is 6.19. The van der Waals surface area contributed by atoms with Crippen molar-refractivity contribution < 1.29 is 13.5 Å². The number of hydrogen-bond donors (Lipinski definition) is 2. The molecular formula is C15H16F2N2O. The van der Waals surface area contributed by atoms with Crippen molar-refractivity contribution in [1.82, 2.24) is 5.43 Å². The molecule has 1 atom stereocenters. The van der Waals surface area contributed by atoms with Crippen LogP contribution in [0.1, 0.15) is 17.2 Å². The monoisotopic (exact) mass is 278 g/mol. The number of benzene rings is 2. The predicted molar refractivity (Wildman–Crippen MR) is 73.1 cm³/mol. The van der Waals surface area contributed by atoms with Gasteiger partial charge in [0.05, 0.1) is 13.2 Å². The summed E-state index contributed by atoms with van der Waals surface area (Å²) in [6.07, 6.45) is 0.223. The van der Waals surface area contributed by atoms with Crippen molar-refractivity contribution in [3.8, 4) is 5.75 Å². The molecule has 0 heterocycles. The fraction of sp³-hybridized carbons (Fsp3) is 0.200. The molecule has 0 bridgehead atoms. The summed E-state index contributed by atoms with van der Waals surface area (Å²) < 4.78 is 32.2. The first-order chi connectivity index (χ1) is 9.67. The second-order valence-electron chi connectivity index (χ2n) is 4.38. The number of ether oxygens (including phenoxy) is 1. The second kappa shape index (κ2) is 6.45. The van der Waals surface area contributed by atoms with Gasteiger partial charge >= 0.3 is 0 Å². The number of halogens is 2. The SMILES string of the molecule is COc1ccccc1C(Cc1cccc(F)c1F)NN. The summed E-state index contributed by atoms with van der Waals surface area (Å²) in [5.41, 5.74) is 3.67. The Kier molecular flexibility index (Phi) is 4.65. The summed E-state index contributed by atoms with van der Waals surface area (Å²) in [5, 5.41) is 0. The van der Waals surface area contributed by atoms with Gasteiger partial charge in [0.1, 0.15) is 5.75 Å².